The molecule has 21 heavy (non-hydrogen) atoms. The van der Waals surface area contributed by atoms with Gasteiger partial charge in [-0.25, -0.2) is 12.7 Å². The normalized spacial score (nSPS) is 12.1. The number of nitrogens with zero attached hydrogens (tertiary/aromatic N) is 2. The third-order valence-electron chi connectivity index (χ3n) is 3.44. The molecule has 7 heteroatoms. The zero-order valence-corrected chi connectivity index (χ0v) is 14.1. The van der Waals surface area contributed by atoms with E-state index in [2.05, 4.69) is 24.1 Å². The molecule has 0 bridgehead atoms. The van der Waals surface area contributed by atoms with Crippen molar-refractivity contribution in [3.8, 4) is 0 Å². The molecular formula is C14H26N4O2S. The van der Waals surface area contributed by atoms with E-state index in [1.165, 1.54) is 24.5 Å². The number of benzene rings is 1. The molecular weight excluding hydrogens is 288 g/mol. The summed E-state index contributed by atoms with van der Waals surface area (Å²) >= 11 is 0. The maximum Gasteiger partial charge on any atom is 0.242 e. The molecule has 0 aromatic heterocycles. The van der Waals surface area contributed by atoms with Gasteiger partial charge in [0, 0.05) is 27.2 Å². The Morgan fingerprint density at radius 2 is 1.81 bits per heavy atom. The standard InChI is InChI=1S/C14H26N4O2S/c1-5-18(6-2)10-9-16-14-8-7-12(11-13(14)15)21(19,20)17(3)4/h7-8,11,16H,5-6,9-10,15H2,1-4H3. The summed E-state index contributed by atoms with van der Waals surface area (Å²) in [6, 6.07) is 4.79. The van der Waals surface area contributed by atoms with Crippen molar-refractivity contribution in [1.29, 1.82) is 0 Å². The fourth-order valence-corrected chi connectivity index (χ4v) is 2.90. The Labute approximate surface area is 128 Å². The Balaban J connectivity index is 2.76. The number of rotatable bonds is 8. The van der Waals surface area contributed by atoms with Gasteiger partial charge in [-0.1, -0.05) is 13.8 Å². The minimum absolute atomic E-state index is 0.208. The van der Waals surface area contributed by atoms with E-state index in [9.17, 15) is 8.42 Å². The van der Waals surface area contributed by atoms with Gasteiger partial charge in [-0.3, -0.25) is 0 Å². The van der Waals surface area contributed by atoms with Gasteiger partial charge in [-0.2, -0.15) is 0 Å². The van der Waals surface area contributed by atoms with Crippen LogP contribution in [-0.4, -0.2) is 57.9 Å². The Kier molecular flexibility index (Phi) is 6.44. The van der Waals surface area contributed by atoms with E-state index in [1.807, 2.05) is 0 Å². The first-order valence-corrected chi connectivity index (χ1v) is 8.55. The number of hydrogen-bond donors (Lipinski definition) is 2. The first kappa shape index (κ1) is 17.7. The quantitative estimate of drug-likeness (QED) is 0.707. The molecule has 0 heterocycles. The van der Waals surface area contributed by atoms with Crippen molar-refractivity contribution < 1.29 is 8.42 Å². The fourth-order valence-electron chi connectivity index (χ4n) is 1.96. The van der Waals surface area contributed by atoms with Crippen LogP contribution in [0.1, 0.15) is 13.8 Å². The van der Waals surface area contributed by atoms with Crippen LogP contribution in [0, 0.1) is 0 Å². The monoisotopic (exact) mass is 314 g/mol. The second kappa shape index (κ2) is 7.63. The topological polar surface area (TPSA) is 78.7 Å². The number of likely N-dealkylation sites (N-methyl/N-ethyl adjacent to an activating group) is 1. The maximum atomic E-state index is 12.0. The van der Waals surface area contributed by atoms with Crippen LogP contribution in [0.15, 0.2) is 23.1 Å². The van der Waals surface area contributed by atoms with E-state index >= 15 is 0 Å². The van der Waals surface area contributed by atoms with Crippen molar-refractivity contribution in [1.82, 2.24) is 9.21 Å². The number of hydrogen-bond acceptors (Lipinski definition) is 5. The zero-order valence-electron chi connectivity index (χ0n) is 13.3. The van der Waals surface area contributed by atoms with E-state index < -0.39 is 10.0 Å². The van der Waals surface area contributed by atoms with E-state index in [0.717, 1.165) is 31.9 Å². The molecule has 0 amide bonds. The lowest BCUT2D eigenvalue weighted by atomic mass is 10.2. The molecule has 0 fully saturated rings. The van der Waals surface area contributed by atoms with E-state index in [1.54, 1.807) is 12.1 Å². The number of nitrogens with two attached hydrogens (primary N) is 1. The van der Waals surface area contributed by atoms with Crippen molar-refractivity contribution in [2.75, 3.05) is 51.3 Å². The summed E-state index contributed by atoms with van der Waals surface area (Å²) < 4.78 is 25.2. The third kappa shape index (κ3) is 4.59. The van der Waals surface area contributed by atoms with Crippen molar-refractivity contribution in [2.24, 2.45) is 0 Å². The molecule has 0 saturated carbocycles. The van der Waals surface area contributed by atoms with Crippen LogP contribution in [-0.2, 0) is 10.0 Å². The summed E-state index contributed by atoms with van der Waals surface area (Å²) in [4.78, 5) is 2.51. The molecule has 1 aromatic rings. The third-order valence-corrected chi connectivity index (χ3v) is 5.25. The molecule has 0 atom stereocenters. The summed E-state index contributed by atoms with van der Waals surface area (Å²) in [6.07, 6.45) is 0. The van der Waals surface area contributed by atoms with Crippen molar-refractivity contribution in [3.63, 3.8) is 0 Å². The Morgan fingerprint density at radius 1 is 1.19 bits per heavy atom. The highest BCUT2D eigenvalue weighted by atomic mass is 32.2. The summed E-state index contributed by atoms with van der Waals surface area (Å²) in [5.74, 6) is 0. The van der Waals surface area contributed by atoms with Gasteiger partial charge in [0.2, 0.25) is 10.0 Å². The molecule has 1 aromatic carbocycles. The lowest BCUT2D eigenvalue weighted by Crippen LogP contribution is -2.28. The van der Waals surface area contributed by atoms with Crippen LogP contribution in [0.3, 0.4) is 0 Å². The summed E-state index contributed by atoms with van der Waals surface area (Å²) in [7, 11) is -0.437. The van der Waals surface area contributed by atoms with Crippen molar-refractivity contribution in [3.05, 3.63) is 18.2 Å². The maximum absolute atomic E-state index is 12.0. The van der Waals surface area contributed by atoms with Gasteiger partial charge in [0.1, 0.15) is 0 Å². The lowest BCUT2D eigenvalue weighted by molar-refractivity contribution is 0.316. The van der Waals surface area contributed by atoms with Crippen LogP contribution < -0.4 is 11.1 Å². The highest BCUT2D eigenvalue weighted by molar-refractivity contribution is 7.89. The van der Waals surface area contributed by atoms with E-state index in [0.29, 0.717) is 5.69 Å². The van der Waals surface area contributed by atoms with Crippen molar-refractivity contribution >= 4 is 21.4 Å². The molecule has 0 spiro atoms. The van der Waals surface area contributed by atoms with Crippen LogP contribution in [0.2, 0.25) is 0 Å². The smallest absolute Gasteiger partial charge is 0.242 e. The first-order chi connectivity index (χ1) is 9.82. The molecule has 0 aliphatic carbocycles. The Hall–Kier alpha value is -1.31. The van der Waals surface area contributed by atoms with Gasteiger partial charge in [-0.15, -0.1) is 0 Å². The minimum atomic E-state index is -3.44. The second-order valence-electron chi connectivity index (χ2n) is 4.99. The van der Waals surface area contributed by atoms with Crippen LogP contribution >= 0.6 is 0 Å². The fraction of sp³-hybridized carbons (Fsp3) is 0.571. The summed E-state index contributed by atoms with van der Waals surface area (Å²) in [6.45, 7) is 7.95. The highest BCUT2D eigenvalue weighted by Crippen LogP contribution is 2.23. The predicted octanol–water partition coefficient (Wildman–Crippen LogP) is 1.27. The minimum Gasteiger partial charge on any atom is -0.397 e. The van der Waals surface area contributed by atoms with Gasteiger partial charge in [0.25, 0.3) is 0 Å². The second-order valence-corrected chi connectivity index (χ2v) is 7.14. The number of nitrogens with one attached hydrogen (secondary N) is 1. The van der Waals surface area contributed by atoms with Crippen molar-refractivity contribution in [2.45, 2.75) is 18.7 Å². The number of sulfonamides is 1. The molecule has 120 valence electrons. The van der Waals surface area contributed by atoms with Gasteiger partial charge in [0.15, 0.2) is 0 Å². The predicted molar refractivity (Wildman–Crippen MR) is 88.0 cm³/mol. The SMILES string of the molecule is CCN(CC)CCNc1ccc(S(=O)(=O)N(C)C)cc1N. The van der Waals surface area contributed by atoms with E-state index in [-0.39, 0.29) is 4.90 Å². The largest absolute Gasteiger partial charge is 0.397 e. The Morgan fingerprint density at radius 3 is 2.29 bits per heavy atom. The average Bonchev–Trinajstić information content (AvgIpc) is 2.44. The van der Waals surface area contributed by atoms with Gasteiger partial charge in [-0.05, 0) is 31.3 Å². The molecule has 0 unspecified atom stereocenters. The van der Waals surface area contributed by atoms with Crippen LogP contribution in [0.25, 0.3) is 0 Å². The van der Waals surface area contributed by atoms with Crippen LogP contribution in [0.4, 0.5) is 11.4 Å². The average molecular weight is 314 g/mol. The molecule has 6 nitrogen and oxygen atoms in total. The molecule has 0 radical (unpaired) electrons. The molecule has 0 saturated heterocycles. The lowest BCUT2D eigenvalue weighted by Gasteiger charge is -2.19. The molecule has 3 N–H and O–H groups in total. The number of anilines is 2. The molecule has 0 aliphatic heterocycles. The number of nitrogen functional groups attached to an aromatic ring is 1. The van der Waals surface area contributed by atoms with E-state index in [4.69, 9.17) is 5.73 Å². The summed E-state index contributed by atoms with van der Waals surface area (Å²) in [5.41, 5.74) is 7.15. The molecule has 0 aliphatic rings. The highest BCUT2D eigenvalue weighted by Gasteiger charge is 2.17. The molecule has 1 rings (SSSR count). The Bertz CT molecular complexity index is 554. The van der Waals surface area contributed by atoms with Gasteiger partial charge < -0.3 is 16.0 Å². The van der Waals surface area contributed by atoms with Gasteiger partial charge in [0.05, 0.1) is 16.3 Å². The first-order valence-electron chi connectivity index (χ1n) is 7.11. The summed E-state index contributed by atoms with van der Waals surface area (Å²) in [5, 5.41) is 3.24. The van der Waals surface area contributed by atoms with Gasteiger partial charge >= 0.3 is 0 Å². The zero-order chi connectivity index (χ0) is 16.0. The van der Waals surface area contributed by atoms with Crippen LogP contribution in [0.5, 0.6) is 0 Å².